The third kappa shape index (κ3) is 2.62. The molecule has 110 valence electrons. The summed E-state index contributed by atoms with van der Waals surface area (Å²) in [5.41, 5.74) is 5.55. The number of fused-ring (bicyclic) bond motifs is 1. The average molecular weight is 296 g/mol. The van der Waals surface area contributed by atoms with Gasteiger partial charge in [0.15, 0.2) is 5.58 Å². The standard InChI is InChI=1S/C13H11F3N4O/c14-13(15,16)8-1-2-11-9(5-8)19-12(21-11)10-6-20(4-3-17)7-18-10/h1-2,5-7H,3-4,17H2. The van der Waals surface area contributed by atoms with Gasteiger partial charge in [0.1, 0.15) is 11.2 Å². The molecule has 21 heavy (non-hydrogen) atoms. The van der Waals surface area contributed by atoms with Crippen LogP contribution in [-0.4, -0.2) is 21.1 Å². The van der Waals surface area contributed by atoms with E-state index < -0.39 is 11.7 Å². The summed E-state index contributed by atoms with van der Waals surface area (Å²) in [7, 11) is 0. The van der Waals surface area contributed by atoms with E-state index in [1.54, 1.807) is 17.1 Å². The highest BCUT2D eigenvalue weighted by molar-refractivity contribution is 5.76. The smallest absolute Gasteiger partial charge is 0.416 e. The Morgan fingerprint density at radius 2 is 2.10 bits per heavy atom. The van der Waals surface area contributed by atoms with E-state index in [9.17, 15) is 13.2 Å². The van der Waals surface area contributed by atoms with Gasteiger partial charge in [-0.15, -0.1) is 0 Å². The molecule has 0 fully saturated rings. The third-order valence-corrected chi connectivity index (χ3v) is 2.95. The van der Waals surface area contributed by atoms with Gasteiger partial charge in [-0.2, -0.15) is 13.2 Å². The van der Waals surface area contributed by atoms with Crippen molar-refractivity contribution in [1.82, 2.24) is 14.5 Å². The molecule has 5 nitrogen and oxygen atoms in total. The molecular weight excluding hydrogens is 285 g/mol. The molecule has 3 aromatic rings. The molecule has 0 saturated carbocycles. The van der Waals surface area contributed by atoms with Crippen LogP contribution in [0.1, 0.15) is 5.56 Å². The minimum Gasteiger partial charge on any atom is -0.435 e. The maximum atomic E-state index is 12.6. The lowest BCUT2D eigenvalue weighted by Gasteiger charge is -2.04. The molecule has 8 heteroatoms. The van der Waals surface area contributed by atoms with Crippen molar-refractivity contribution in [2.75, 3.05) is 6.54 Å². The van der Waals surface area contributed by atoms with E-state index in [1.807, 2.05) is 0 Å². The highest BCUT2D eigenvalue weighted by Gasteiger charge is 2.31. The molecule has 0 saturated heterocycles. The SMILES string of the molecule is NCCn1cnc(-c2nc3cc(C(F)(F)F)ccc3o2)c1. The monoisotopic (exact) mass is 296 g/mol. The van der Waals surface area contributed by atoms with Gasteiger partial charge in [0.25, 0.3) is 0 Å². The van der Waals surface area contributed by atoms with Crippen molar-refractivity contribution in [1.29, 1.82) is 0 Å². The van der Waals surface area contributed by atoms with Crippen LogP contribution in [0.4, 0.5) is 13.2 Å². The van der Waals surface area contributed by atoms with Crippen LogP contribution in [0.2, 0.25) is 0 Å². The fourth-order valence-electron chi connectivity index (χ4n) is 1.96. The highest BCUT2D eigenvalue weighted by Crippen LogP contribution is 2.32. The van der Waals surface area contributed by atoms with Gasteiger partial charge >= 0.3 is 6.18 Å². The van der Waals surface area contributed by atoms with E-state index in [4.69, 9.17) is 10.2 Å². The van der Waals surface area contributed by atoms with Crippen LogP contribution < -0.4 is 5.73 Å². The molecule has 0 aliphatic carbocycles. The Labute approximate surface area is 117 Å². The van der Waals surface area contributed by atoms with Gasteiger partial charge < -0.3 is 14.7 Å². The second-order valence-corrected chi connectivity index (χ2v) is 4.48. The minimum atomic E-state index is -4.41. The van der Waals surface area contributed by atoms with Gasteiger partial charge in [-0.05, 0) is 18.2 Å². The lowest BCUT2D eigenvalue weighted by atomic mass is 10.2. The van der Waals surface area contributed by atoms with Crippen LogP contribution >= 0.6 is 0 Å². The maximum Gasteiger partial charge on any atom is 0.416 e. The Bertz CT molecular complexity index is 775. The summed E-state index contributed by atoms with van der Waals surface area (Å²) in [6.45, 7) is 1.05. The summed E-state index contributed by atoms with van der Waals surface area (Å²) in [6.07, 6.45) is -1.16. The van der Waals surface area contributed by atoms with Gasteiger partial charge in [0.2, 0.25) is 5.89 Å². The molecule has 1 aromatic carbocycles. The summed E-state index contributed by atoms with van der Waals surface area (Å²) >= 11 is 0. The third-order valence-electron chi connectivity index (χ3n) is 2.95. The molecule has 0 spiro atoms. The zero-order valence-electron chi connectivity index (χ0n) is 10.8. The number of aromatic nitrogens is 3. The minimum absolute atomic E-state index is 0.146. The molecule has 0 aliphatic heterocycles. The normalized spacial score (nSPS) is 12.2. The van der Waals surface area contributed by atoms with E-state index in [2.05, 4.69) is 9.97 Å². The Balaban J connectivity index is 2.00. The van der Waals surface area contributed by atoms with Crippen LogP contribution in [-0.2, 0) is 12.7 Å². The number of rotatable bonds is 3. The van der Waals surface area contributed by atoms with Crippen LogP contribution in [0, 0.1) is 0 Å². The Kier molecular flexibility index (Phi) is 3.17. The molecule has 0 unspecified atom stereocenters. The first-order valence-corrected chi connectivity index (χ1v) is 6.17. The molecule has 0 radical (unpaired) electrons. The number of hydrogen-bond acceptors (Lipinski definition) is 4. The van der Waals surface area contributed by atoms with Gasteiger partial charge in [-0.3, -0.25) is 0 Å². The van der Waals surface area contributed by atoms with Crippen molar-refractivity contribution in [2.45, 2.75) is 12.7 Å². The predicted molar refractivity (Wildman–Crippen MR) is 69.3 cm³/mol. The van der Waals surface area contributed by atoms with Gasteiger partial charge in [-0.25, -0.2) is 9.97 Å². The van der Waals surface area contributed by atoms with Gasteiger partial charge in [-0.1, -0.05) is 0 Å². The first kappa shape index (κ1) is 13.6. The molecular formula is C13H11F3N4O. The summed E-state index contributed by atoms with van der Waals surface area (Å²) in [6, 6.07) is 3.18. The van der Waals surface area contributed by atoms with Crippen LogP contribution in [0.5, 0.6) is 0 Å². The molecule has 0 atom stereocenters. The average Bonchev–Trinajstić information content (AvgIpc) is 3.02. The Morgan fingerprint density at radius 1 is 1.29 bits per heavy atom. The number of hydrogen-bond donors (Lipinski definition) is 1. The van der Waals surface area contributed by atoms with E-state index in [0.29, 0.717) is 18.8 Å². The molecule has 3 rings (SSSR count). The lowest BCUT2D eigenvalue weighted by molar-refractivity contribution is -0.137. The van der Waals surface area contributed by atoms with Crippen LogP contribution in [0.25, 0.3) is 22.7 Å². The quantitative estimate of drug-likeness (QED) is 0.806. The molecule has 0 bridgehead atoms. The first-order valence-electron chi connectivity index (χ1n) is 6.17. The fourth-order valence-corrected chi connectivity index (χ4v) is 1.96. The zero-order valence-corrected chi connectivity index (χ0v) is 10.8. The number of oxazole rings is 1. The van der Waals surface area contributed by atoms with Crippen molar-refractivity contribution in [3.8, 4) is 11.6 Å². The zero-order chi connectivity index (χ0) is 15.0. The van der Waals surface area contributed by atoms with E-state index in [-0.39, 0.29) is 17.0 Å². The number of imidazole rings is 1. The summed E-state index contributed by atoms with van der Waals surface area (Å²) in [5.74, 6) is 0.181. The molecule has 2 aromatic heterocycles. The van der Waals surface area contributed by atoms with Crippen molar-refractivity contribution < 1.29 is 17.6 Å². The first-order chi connectivity index (χ1) is 9.97. The highest BCUT2D eigenvalue weighted by atomic mass is 19.4. The summed E-state index contributed by atoms with van der Waals surface area (Å²) in [5, 5.41) is 0. The summed E-state index contributed by atoms with van der Waals surface area (Å²) in [4.78, 5) is 8.16. The van der Waals surface area contributed by atoms with Crippen molar-refractivity contribution >= 4 is 11.1 Å². The van der Waals surface area contributed by atoms with Crippen LogP contribution in [0.15, 0.2) is 35.1 Å². The van der Waals surface area contributed by atoms with E-state index >= 15 is 0 Å². The Hall–Kier alpha value is -2.35. The topological polar surface area (TPSA) is 69.9 Å². The second-order valence-electron chi connectivity index (χ2n) is 4.48. The maximum absolute atomic E-state index is 12.6. The van der Waals surface area contributed by atoms with Crippen molar-refractivity contribution in [3.05, 3.63) is 36.3 Å². The van der Waals surface area contributed by atoms with Gasteiger partial charge in [0, 0.05) is 19.3 Å². The number of alkyl halides is 3. The lowest BCUT2D eigenvalue weighted by Crippen LogP contribution is -2.07. The van der Waals surface area contributed by atoms with Crippen LogP contribution in [0.3, 0.4) is 0 Å². The van der Waals surface area contributed by atoms with E-state index in [0.717, 1.165) is 12.1 Å². The molecule has 2 heterocycles. The fraction of sp³-hybridized carbons (Fsp3) is 0.231. The number of nitrogens with two attached hydrogens (primary N) is 1. The molecule has 0 amide bonds. The Morgan fingerprint density at radius 3 is 2.81 bits per heavy atom. The summed E-state index contributed by atoms with van der Waals surface area (Å²) < 4.78 is 45.1. The largest absolute Gasteiger partial charge is 0.435 e. The molecule has 0 aliphatic rings. The van der Waals surface area contributed by atoms with E-state index in [1.165, 1.54) is 6.07 Å². The van der Waals surface area contributed by atoms with Gasteiger partial charge in [0.05, 0.1) is 11.9 Å². The van der Waals surface area contributed by atoms with Crippen molar-refractivity contribution in [2.24, 2.45) is 5.73 Å². The number of nitrogens with zero attached hydrogens (tertiary/aromatic N) is 3. The van der Waals surface area contributed by atoms with Crippen molar-refractivity contribution in [3.63, 3.8) is 0 Å². The predicted octanol–water partition coefficient (Wildman–Crippen LogP) is 2.67. The number of benzene rings is 1. The second kappa shape index (κ2) is 4.88. The number of halogens is 3. The molecule has 2 N–H and O–H groups in total.